The number of H-pyrrole nitrogens is 1. The van der Waals surface area contributed by atoms with Gasteiger partial charge in [0.25, 0.3) is 5.91 Å². The van der Waals surface area contributed by atoms with E-state index >= 15 is 0 Å². The van der Waals surface area contributed by atoms with Crippen LogP contribution in [-0.4, -0.2) is 31.4 Å². The normalized spacial score (nSPS) is 11.5. The van der Waals surface area contributed by atoms with Gasteiger partial charge in [0.15, 0.2) is 5.16 Å². The smallest absolute Gasteiger partial charge is 0.271 e. The molecular formula is C17H18N6OS. The molecule has 0 atom stereocenters. The molecule has 0 aliphatic carbocycles. The molecule has 0 aliphatic heterocycles. The molecule has 1 amide bonds. The van der Waals surface area contributed by atoms with E-state index in [1.807, 2.05) is 49.0 Å². The molecule has 7 nitrogen and oxygen atoms in total. The number of nitrogens with zero attached hydrogens (tertiary/aromatic N) is 4. The van der Waals surface area contributed by atoms with Crippen LogP contribution in [-0.2, 0) is 12.8 Å². The van der Waals surface area contributed by atoms with Crippen LogP contribution in [0.1, 0.15) is 28.5 Å². The Morgan fingerprint density at radius 3 is 2.76 bits per heavy atom. The Morgan fingerprint density at radius 1 is 1.32 bits per heavy atom. The van der Waals surface area contributed by atoms with E-state index in [1.165, 1.54) is 0 Å². The second kappa shape index (κ2) is 7.80. The molecule has 25 heavy (non-hydrogen) atoms. The lowest BCUT2D eigenvalue weighted by atomic mass is 10.1. The zero-order chi connectivity index (χ0) is 17.6. The first-order valence-electron chi connectivity index (χ1n) is 7.67. The Bertz CT molecular complexity index is 867. The molecular weight excluding hydrogens is 336 g/mol. The van der Waals surface area contributed by atoms with Crippen molar-refractivity contribution >= 4 is 23.4 Å². The van der Waals surface area contributed by atoms with Crippen LogP contribution < -0.4 is 5.43 Å². The van der Waals surface area contributed by atoms with Crippen LogP contribution in [0.3, 0.4) is 0 Å². The van der Waals surface area contributed by atoms with Crippen LogP contribution in [0.4, 0.5) is 0 Å². The number of aryl methyl sites for hydroxylation is 1. The van der Waals surface area contributed by atoms with E-state index in [0.717, 1.165) is 27.9 Å². The van der Waals surface area contributed by atoms with Crippen molar-refractivity contribution in [2.45, 2.75) is 17.8 Å². The first-order valence-corrected chi connectivity index (χ1v) is 8.66. The molecule has 0 bridgehead atoms. The van der Waals surface area contributed by atoms with Gasteiger partial charge in [-0.1, -0.05) is 23.9 Å². The van der Waals surface area contributed by atoms with Crippen LogP contribution in [0.5, 0.6) is 0 Å². The highest BCUT2D eigenvalue weighted by Crippen LogP contribution is 2.20. The van der Waals surface area contributed by atoms with Gasteiger partial charge in [-0.3, -0.25) is 4.79 Å². The lowest BCUT2D eigenvalue weighted by molar-refractivity contribution is 0.0955. The number of nitrogens with one attached hydrogen (secondary N) is 2. The number of thioether (sulfide) groups is 1. The maximum atomic E-state index is 12.2. The summed E-state index contributed by atoms with van der Waals surface area (Å²) in [5.74, 6) is 0.525. The van der Waals surface area contributed by atoms with Crippen LogP contribution in [0.25, 0.3) is 0 Å². The van der Waals surface area contributed by atoms with Crippen LogP contribution in [0, 0.1) is 0 Å². The number of aromatic amines is 1. The highest BCUT2D eigenvalue weighted by Gasteiger charge is 2.07. The molecule has 0 unspecified atom stereocenters. The zero-order valence-electron chi connectivity index (χ0n) is 13.9. The molecule has 0 radical (unpaired) electrons. The predicted molar refractivity (Wildman–Crippen MR) is 97.5 cm³/mol. The second-order valence-corrected chi connectivity index (χ2v) is 6.37. The summed E-state index contributed by atoms with van der Waals surface area (Å²) in [6.07, 6.45) is 3.49. The molecule has 2 aromatic heterocycles. The Morgan fingerprint density at radius 2 is 2.12 bits per heavy atom. The molecule has 1 aromatic carbocycles. The van der Waals surface area contributed by atoms with E-state index in [-0.39, 0.29) is 5.91 Å². The summed E-state index contributed by atoms with van der Waals surface area (Å²) < 4.78 is 1.87. The Balaban J connectivity index is 1.57. The first-order chi connectivity index (χ1) is 12.1. The van der Waals surface area contributed by atoms with Crippen LogP contribution in [0.15, 0.2) is 59.2 Å². The molecule has 3 rings (SSSR count). The minimum atomic E-state index is -0.238. The van der Waals surface area contributed by atoms with Gasteiger partial charge in [0.05, 0.1) is 11.4 Å². The quantitative estimate of drug-likeness (QED) is 0.405. The van der Waals surface area contributed by atoms with Gasteiger partial charge < -0.3 is 9.55 Å². The van der Waals surface area contributed by atoms with Crippen molar-refractivity contribution in [3.8, 4) is 0 Å². The SMILES string of the molecule is C/C(=N\NC(=O)c1ccc(CSc2nncn2C)cc1)c1ccc[nH]1. The number of benzene rings is 1. The van der Waals surface area contributed by atoms with E-state index in [0.29, 0.717) is 5.56 Å². The average molecular weight is 354 g/mol. The zero-order valence-corrected chi connectivity index (χ0v) is 14.7. The summed E-state index contributed by atoms with van der Waals surface area (Å²) in [6.45, 7) is 1.83. The third-order valence-corrected chi connectivity index (χ3v) is 4.67. The predicted octanol–water partition coefficient (Wildman–Crippen LogP) is 2.59. The lowest BCUT2D eigenvalue weighted by Gasteiger charge is -2.04. The fourth-order valence-corrected chi connectivity index (χ4v) is 2.96. The van der Waals surface area contributed by atoms with Crippen molar-refractivity contribution in [2.24, 2.45) is 12.1 Å². The van der Waals surface area contributed by atoms with Gasteiger partial charge >= 0.3 is 0 Å². The van der Waals surface area contributed by atoms with E-state index in [2.05, 4.69) is 25.7 Å². The van der Waals surface area contributed by atoms with Gasteiger partial charge in [-0.05, 0) is 36.8 Å². The molecule has 0 spiro atoms. The van der Waals surface area contributed by atoms with Crippen molar-refractivity contribution in [3.63, 3.8) is 0 Å². The molecule has 0 aliphatic rings. The first kappa shape index (κ1) is 17.0. The lowest BCUT2D eigenvalue weighted by Crippen LogP contribution is -2.19. The Labute approximate surface area is 149 Å². The molecule has 2 heterocycles. The van der Waals surface area contributed by atoms with Gasteiger partial charge in [-0.15, -0.1) is 10.2 Å². The number of hydrogen-bond donors (Lipinski definition) is 2. The number of carbonyl (C=O) groups is 1. The summed E-state index contributed by atoms with van der Waals surface area (Å²) >= 11 is 1.60. The molecule has 0 saturated heterocycles. The number of amides is 1. The van der Waals surface area contributed by atoms with E-state index in [9.17, 15) is 4.79 Å². The molecule has 0 fully saturated rings. The van der Waals surface area contributed by atoms with Crippen LogP contribution >= 0.6 is 11.8 Å². The van der Waals surface area contributed by atoms with Gasteiger partial charge in [-0.2, -0.15) is 5.10 Å². The van der Waals surface area contributed by atoms with E-state index in [1.54, 1.807) is 30.2 Å². The number of rotatable bonds is 6. The third-order valence-electron chi connectivity index (χ3n) is 3.57. The molecule has 128 valence electrons. The molecule has 0 saturated carbocycles. The molecule has 3 aromatic rings. The highest BCUT2D eigenvalue weighted by molar-refractivity contribution is 7.98. The van der Waals surface area contributed by atoms with E-state index < -0.39 is 0 Å². The van der Waals surface area contributed by atoms with Gasteiger partial charge in [0.1, 0.15) is 6.33 Å². The summed E-state index contributed by atoms with van der Waals surface area (Å²) in [4.78, 5) is 15.2. The minimum Gasteiger partial charge on any atom is -0.360 e. The third kappa shape index (κ3) is 4.36. The maximum Gasteiger partial charge on any atom is 0.271 e. The van der Waals surface area contributed by atoms with Crippen molar-refractivity contribution in [3.05, 3.63) is 65.7 Å². The highest BCUT2D eigenvalue weighted by atomic mass is 32.2. The minimum absolute atomic E-state index is 0.238. The summed E-state index contributed by atoms with van der Waals surface area (Å²) in [6, 6.07) is 11.2. The number of hydrogen-bond acceptors (Lipinski definition) is 5. The van der Waals surface area contributed by atoms with Gasteiger partial charge in [0.2, 0.25) is 0 Å². The van der Waals surface area contributed by atoms with Crippen molar-refractivity contribution in [2.75, 3.05) is 0 Å². The maximum absolute atomic E-state index is 12.2. The molecule has 8 heteroatoms. The van der Waals surface area contributed by atoms with Gasteiger partial charge in [0, 0.05) is 24.6 Å². The van der Waals surface area contributed by atoms with Crippen molar-refractivity contribution < 1.29 is 4.79 Å². The number of hydrazone groups is 1. The molecule has 2 N–H and O–H groups in total. The topological polar surface area (TPSA) is 88.0 Å². The summed E-state index contributed by atoms with van der Waals surface area (Å²) in [5.41, 5.74) is 5.83. The van der Waals surface area contributed by atoms with Crippen LogP contribution in [0.2, 0.25) is 0 Å². The second-order valence-electron chi connectivity index (χ2n) is 5.43. The standard InChI is InChI=1S/C17H18N6OS/c1-12(15-4-3-9-18-15)20-21-16(24)14-7-5-13(6-8-14)10-25-17-22-19-11-23(17)2/h3-9,11,18H,10H2,1-2H3,(H,21,24)/b20-12+. The van der Waals surface area contributed by atoms with Crippen molar-refractivity contribution in [1.82, 2.24) is 25.2 Å². The number of carbonyl (C=O) groups excluding carboxylic acids is 1. The van der Waals surface area contributed by atoms with E-state index in [4.69, 9.17) is 0 Å². The fourth-order valence-electron chi connectivity index (χ4n) is 2.12. The fraction of sp³-hybridized carbons (Fsp3) is 0.176. The summed E-state index contributed by atoms with van der Waals surface area (Å²) in [5, 5.41) is 12.8. The van der Waals surface area contributed by atoms with Gasteiger partial charge in [-0.25, -0.2) is 5.43 Å². The largest absolute Gasteiger partial charge is 0.360 e. The number of aromatic nitrogens is 4. The summed E-state index contributed by atoms with van der Waals surface area (Å²) in [7, 11) is 1.91. The monoisotopic (exact) mass is 354 g/mol. The Kier molecular flexibility index (Phi) is 5.30. The van der Waals surface area contributed by atoms with Crippen molar-refractivity contribution in [1.29, 1.82) is 0 Å². The average Bonchev–Trinajstić information content (AvgIpc) is 3.30. The Hall–Kier alpha value is -2.87.